The SMILES string of the molecule is COc1ccc(C(Cl)c2ccn[nH]2)cc1. The van der Waals surface area contributed by atoms with E-state index >= 15 is 0 Å². The average molecular weight is 223 g/mol. The fourth-order valence-electron chi connectivity index (χ4n) is 1.36. The Morgan fingerprint density at radius 1 is 1.27 bits per heavy atom. The van der Waals surface area contributed by atoms with Gasteiger partial charge >= 0.3 is 0 Å². The predicted molar refractivity (Wildman–Crippen MR) is 59.3 cm³/mol. The third-order valence-corrected chi connectivity index (χ3v) is 2.69. The molecule has 0 aliphatic heterocycles. The van der Waals surface area contributed by atoms with Crippen molar-refractivity contribution >= 4 is 11.6 Å². The second kappa shape index (κ2) is 4.36. The van der Waals surface area contributed by atoms with Crippen LogP contribution in [0.2, 0.25) is 0 Å². The molecule has 0 amide bonds. The number of nitrogens with one attached hydrogen (secondary N) is 1. The first-order valence-electron chi connectivity index (χ1n) is 4.58. The number of methoxy groups -OCH3 is 1. The molecule has 0 saturated carbocycles. The summed E-state index contributed by atoms with van der Waals surface area (Å²) < 4.78 is 5.08. The Morgan fingerprint density at radius 3 is 2.53 bits per heavy atom. The third-order valence-electron chi connectivity index (χ3n) is 2.20. The van der Waals surface area contributed by atoms with Crippen molar-refractivity contribution in [1.29, 1.82) is 0 Å². The minimum Gasteiger partial charge on any atom is -0.497 e. The average Bonchev–Trinajstić information content (AvgIpc) is 2.82. The molecule has 0 spiro atoms. The largest absolute Gasteiger partial charge is 0.497 e. The number of benzene rings is 1. The van der Waals surface area contributed by atoms with E-state index < -0.39 is 0 Å². The number of aromatic amines is 1. The molecule has 1 atom stereocenters. The molecule has 1 aromatic heterocycles. The van der Waals surface area contributed by atoms with Gasteiger partial charge in [-0.3, -0.25) is 5.10 Å². The standard InChI is InChI=1S/C11H11ClN2O/c1-15-9-4-2-8(3-5-9)11(12)10-6-7-13-14-10/h2-7,11H,1H3,(H,13,14). The summed E-state index contributed by atoms with van der Waals surface area (Å²) in [6, 6.07) is 9.53. The molecule has 1 N–H and O–H groups in total. The second-order valence-corrected chi connectivity index (χ2v) is 3.58. The van der Waals surface area contributed by atoms with Gasteiger partial charge in [-0.1, -0.05) is 12.1 Å². The van der Waals surface area contributed by atoms with Crippen molar-refractivity contribution in [2.24, 2.45) is 0 Å². The van der Waals surface area contributed by atoms with Crippen molar-refractivity contribution in [2.75, 3.05) is 7.11 Å². The van der Waals surface area contributed by atoms with Gasteiger partial charge in [-0.15, -0.1) is 11.6 Å². The third kappa shape index (κ3) is 2.13. The van der Waals surface area contributed by atoms with Gasteiger partial charge in [0.25, 0.3) is 0 Å². The molecule has 0 bridgehead atoms. The lowest BCUT2D eigenvalue weighted by molar-refractivity contribution is 0.414. The van der Waals surface area contributed by atoms with Crippen molar-refractivity contribution in [3.05, 3.63) is 47.8 Å². The summed E-state index contributed by atoms with van der Waals surface area (Å²) in [6.07, 6.45) is 1.69. The van der Waals surface area contributed by atoms with Gasteiger partial charge in [0.15, 0.2) is 0 Å². The number of nitrogens with zero attached hydrogens (tertiary/aromatic N) is 1. The molecule has 0 radical (unpaired) electrons. The van der Waals surface area contributed by atoms with Gasteiger partial charge in [0.05, 0.1) is 12.8 Å². The van der Waals surface area contributed by atoms with Crippen molar-refractivity contribution in [1.82, 2.24) is 10.2 Å². The lowest BCUT2D eigenvalue weighted by Gasteiger charge is -2.08. The molecule has 4 heteroatoms. The highest BCUT2D eigenvalue weighted by atomic mass is 35.5. The number of halogens is 1. The van der Waals surface area contributed by atoms with E-state index in [1.807, 2.05) is 30.3 Å². The van der Waals surface area contributed by atoms with Gasteiger partial charge in [0.1, 0.15) is 11.1 Å². The Bertz CT molecular complexity index is 411. The maximum Gasteiger partial charge on any atom is 0.118 e. The number of alkyl halides is 1. The van der Waals surface area contributed by atoms with Crippen LogP contribution in [0.1, 0.15) is 16.6 Å². The van der Waals surface area contributed by atoms with Crippen LogP contribution in [-0.4, -0.2) is 17.3 Å². The summed E-state index contributed by atoms with van der Waals surface area (Å²) in [7, 11) is 1.64. The number of rotatable bonds is 3. The Hall–Kier alpha value is -1.48. The van der Waals surface area contributed by atoms with E-state index in [-0.39, 0.29) is 5.38 Å². The lowest BCUT2D eigenvalue weighted by atomic mass is 10.1. The first-order chi connectivity index (χ1) is 7.31. The van der Waals surface area contributed by atoms with Crippen molar-refractivity contribution in [3.63, 3.8) is 0 Å². The Kier molecular flexibility index (Phi) is 2.92. The van der Waals surface area contributed by atoms with Gasteiger partial charge < -0.3 is 4.74 Å². The normalized spacial score (nSPS) is 12.4. The number of hydrogen-bond acceptors (Lipinski definition) is 2. The molecule has 15 heavy (non-hydrogen) atoms. The zero-order chi connectivity index (χ0) is 10.7. The number of H-pyrrole nitrogens is 1. The highest BCUT2D eigenvalue weighted by Gasteiger charge is 2.11. The van der Waals surface area contributed by atoms with Crippen molar-refractivity contribution in [3.8, 4) is 5.75 Å². The van der Waals surface area contributed by atoms with Crippen molar-refractivity contribution in [2.45, 2.75) is 5.38 Å². The van der Waals surface area contributed by atoms with Gasteiger partial charge in [-0.05, 0) is 23.8 Å². The molecule has 0 aliphatic rings. The quantitative estimate of drug-likeness (QED) is 0.811. The molecule has 78 valence electrons. The van der Waals surface area contributed by atoms with Crippen LogP contribution in [0.25, 0.3) is 0 Å². The minimum absolute atomic E-state index is 0.196. The van der Waals surface area contributed by atoms with Crippen LogP contribution in [0.3, 0.4) is 0 Å². The molecule has 0 saturated heterocycles. The zero-order valence-electron chi connectivity index (χ0n) is 8.27. The highest BCUT2D eigenvalue weighted by Crippen LogP contribution is 2.28. The van der Waals surface area contributed by atoms with E-state index in [2.05, 4.69) is 10.2 Å². The summed E-state index contributed by atoms with van der Waals surface area (Å²) >= 11 is 6.26. The lowest BCUT2D eigenvalue weighted by Crippen LogP contribution is -1.93. The summed E-state index contributed by atoms with van der Waals surface area (Å²) in [5.74, 6) is 0.826. The summed E-state index contributed by atoms with van der Waals surface area (Å²) in [5, 5.41) is 6.52. The fourth-order valence-corrected chi connectivity index (χ4v) is 1.63. The molecule has 1 aromatic carbocycles. The molecule has 3 nitrogen and oxygen atoms in total. The van der Waals surface area contributed by atoms with Crippen LogP contribution in [0, 0.1) is 0 Å². The van der Waals surface area contributed by atoms with Gasteiger partial charge in [0, 0.05) is 6.20 Å². The first kappa shape index (κ1) is 10.1. The maximum atomic E-state index is 6.26. The number of aromatic nitrogens is 2. The molecule has 0 fully saturated rings. The van der Waals surface area contributed by atoms with E-state index in [4.69, 9.17) is 16.3 Å². The second-order valence-electron chi connectivity index (χ2n) is 3.15. The number of hydrogen-bond donors (Lipinski definition) is 1. The van der Waals surface area contributed by atoms with Crippen LogP contribution in [-0.2, 0) is 0 Å². The Balaban J connectivity index is 2.22. The number of ether oxygens (including phenoxy) is 1. The minimum atomic E-state index is -0.196. The maximum absolute atomic E-state index is 6.26. The first-order valence-corrected chi connectivity index (χ1v) is 5.02. The smallest absolute Gasteiger partial charge is 0.118 e. The monoisotopic (exact) mass is 222 g/mol. The van der Waals surface area contributed by atoms with Gasteiger partial charge in [-0.25, -0.2) is 0 Å². The van der Waals surface area contributed by atoms with E-state index in [1.165, 1.54) is 0 Å². The molecule has 1 heterocycles. The molecular formula is C11H11ClN2O. The van der Waals surface area contributed by atoms with Crippen LogP contribution in [0.5, 0.6) is 5.75 Å². The summed E-state index contributed by atoms with van der Waals surface area (Å²) in [5.41, 5.74) is 1.91. The Labute approximate surface area is 93.0 Å². The fraction of sp³-hybridized carbons (Fsp3) is 0.182. The van der Waals surface area contributed by atoms with E-state index in [0.29, 0.717) is 0 Å². The summed E-state index contributed by atoms with van der Waals surface area (Å²) in [6.45, 7) is 0. The van der Waals surface area contributed by atoms with Crippen molar-refractivity contribution < 1.29 is 4.74 Å². The topological polar surface area (TPSA) is 37.9 Å². The van der Waals surface area contributed by atoms with Crippen LogP contribution < -0.4 is 4.74 Å². The van der Waals surface area contributed by atoms with Crippen LogP contribution >= 0.6 is 11.6 Å². The summed E-state index contributed by atoms with van der Waals surface area (Å²) in [4.78, 5) is 0. The van der Waals surface area contributed by atoms with Gasteiger partial charge in [0.2, 0.25) is 0 Å². The molecule has 2 rings (SSSR count). The van der Waals surface area contributed by atoms with E-state index in [0.717, 1.165) is 17.0 Å². The van der Waals surface area contributed by atoms with E-state index in [9.17, 15) is 0 Å². The van der Waals surface area contributed by atoms with Crippen LogP contribution in [0.15, 0.2) is 36.5 Å². The molecule has 1 unspecified atom stereocenters. The highest BCUT2D eigenvalue weighted by molar-refractivity contribution is 6.22. The molecule has 0 aliphatic carbocycles. The van der Waals surface area contributed by atoms with Gasteiger partial charge in [-0.2, -0.15) is 5.10 Å². The van der Waals surface area contributed by atoms with E-state index in [1.54, 1.807) is 13.3 Å². The Morgan fingerprint density at radius 2 is 2.00 bits per heavy atom. The molecule has 2 aromatic rings. The zero-order valence-corrected chi connectivity index (χ0v) is 9.03. The molecular weight excluding hydrogens is 212 g/mol. The van der Waals surface area contributed by atoms with Crippen LogP contribution in [0.4, 0.5) is 0 Å². The predicted octanol–water partition coefficient (Wildman–Crippen LogP) is 2.75.